The topological polar surface area (TPSA) is 92.6 Å². The van der Waals surface area contributed by atoms with Gasteiger partial charge in [-0.3, -0.25) is 15.0 Å². The van der Waals surface area contributed by atoms with Gasteiger partial charge in [-0.1, -0.05) is 6.07 Å². The molecule has 5 rings (SSSR count). The Morgan fingerprint density at radius 2 is 2.17 bits per heavy atom. The van der Waals surface area contributed by atoms with Crippen LogP contribution >= 0.6 is 0 Å². The number of imidazole rings is 1. The highest BCUT2D eigenvalue weighted by Crippen LogP contribution is 2.18. The minimum atomic E-state index is -0.173. The fourth-order valence-electron chi connectivity index (χ4n) is 3.41. The largest absolute Gasteiger partial charge is 0.418 e. The van der Waals surface area contributed by atoms with Crippen LogP contribution in [-0.2, 0) is 11.3 Å². The molecule has 1 aliphatic heterocycles. The second-order valence-electron chi connectivity index (χ2n) is 6.14. The van der Waals surface area contributed by atoms with Gasteiger partial charge in [0.25, 0.3) is 0 Å². The highest BCUT2D eigenvalue weighted by atomic mass is 16.5. The van der Waals surface area contributed by atoms with E-state index in [0.717, 1.165) is 55.0 Å². The van der Waals surface area contributed by atoms with Crippen molar-refractivity contribution in [3.8, 4) is 0 Å². The van der Waals surface area contributed by atoms with E-state index in [-0.39, 0.29) is 5.69 Å². The molecule has 0 bridgehead atoms. The predicted octanol–water partition coefficient (Wildman–Crippen LogP) is 0.303. The van der Waals surface area contributed by atoms with E-state index in [9.17, 15) is 4.79 Å². The summed E-state index contributed by atoms with van der Waals surface area (Å²) in [5.41, 5.74) is 5.02. The zero-order valence-corrected chi connectivity index (χ0v) is 13.0. The lowest BCUT2D eigenvalue weighted by molar-refractivity contribution is -0.310. The average molecular weight is 325 g/mol. The SMILES string of the molecule is O=c1[nH]c2cn[nH]c2c2[nH+]c3ccc(CN4CCOCC4)cc3n12. The van der Waals surface area contributed by atoms with Gasteiger partial charge in [-0.15, -0.1) is 4.40 Å². The van der Waals surface area contributed by atoms with Crippen LogP contribution in [0.1, 0.15) is 5.56 Å². The molecule has 0 amide bonds. The van der Waals surface area contributed by atoms with E-state index >= 15 is 0 Å². The summed E-state index contributed by atoms with van der Waals surface area (Å²) in [4.78, 5) is 21.0. The van der Waals surface area contributed by atoms with Crippen molar-refractivity contribution in [2.45, 2.75) is 6.54 Å². The summed E-state index contributed by atoms with van der Waals surface area (Å²) in [6.45, 7) is 4.29. The van der Waals surface area contributed by atoms with Gasteiger partial charge in [-0.05, 0) is 17.7 Å². The Labute approximate surface area is 136 Å². The van der Waals surface area contributed by atoms with Crippen molar-refractivity contribution in [1.82, 2.24) is 24.5 Å². The van der Waals surface area contributed by atoms with E-state index in [2.05, 4.69) is 37.2 Å². The number of aromatic amines is 3. The van der Waals surface area contributed by atoms with Gasteiger partial charge < -0.3 is 4.74 Å². The molecule has 8 nitrogen and oxygen atoms in total. The van der Waals surface area contributed by atoms with Crippen molar-refractivity contribution >= 4 is 27.7 Å². The highest BCUT2D eigenvalue weighted by molar-refractivity contribution is 5.89. The molecule has 1 aliphatic rings. The number of aromatic nitrogens is 5. The van der Waals surface area contributed by atoms with Crippen LogP contribution in [0.25, 0.3) is 27.7 Å². The number of nitrogens with one attached hydrogen (secondary N) is 3. The maximum atomic E-state index is 12.5. The number of hydrogen-bond acceptors (Lipinski definition) is 4. The van der Waals surface area contributed by atoms with Crippen molar-refractivity contribution in [2.75, 3.05) is 26.3 Å². The van der Waals surface area contributed by atoms with Crippen molar-refractivity contribution in [3.05, 3.63) is 40.4 Å². The quantitative estimate of drug-likeness (QED) is 0.554. The van der Waals surface area contributed by atoms with E-state index in [1.165, 1.54) is 5.56 Å². The van der Waals surface area contributed by atoms with Gasteiger partial charge in [0.15, 0.2) is 16.6 Å². The third-order valence-corrected chi connectivity index (χ3v) is 4.61. The number of rotatable bonds is 2. The summed E-state index contributed by atoms with van der Waals surface area (Å²) >= 11 is 0. The first-order chi connectivity index (χ1) is 11.8. The Hall–Kier alpha value is -2.71. The molecule has 4 heterocycles. The molecule has 0 saturated carbocycles. The molecule has 122 valence electrons. The van der Waals surface area contributed by atoms with E-state index < -0.39 is 0 Å². The lowest BCUT2D eigenvalue weighted by Gasteiger charge is -2.26. The van der Waals surface area contributed by atoms with Gasteiger partial charge in [-0.2, -0.15) is 5.10 Å². The number of H-pyrrole nitrogens is 3. The van der Waals surface area contributed by atoms with E-state index in [4.69, 9.17) is 4.74 Å². The highest BCUT2D eigenvalue weighted by Gasteiger charge is 2.20. The molecule has 24 heavy (non-hydrogen) atoms. The molecule has 3 N–H and O–H groups in total. The molecule has 1 aromatic carbocycles. The van der Waals surface area contributed by atoms with Crippen LogP contribution in [0.4, 0.5) is 0 Å². The number of nitrogens with zero attached hydrogens (tertiary/aromatic N) is 3. The van der Waals surface area contributed by atoms with Crippen LogP contribution in [0.5, 0.6) is 0 Å². The maximum Gasteiger partial charge on any atom is 0.418 e. The molecular weight excluding hydrogens is 308 g/mol. The first-order valence-corrected chi connectivity index (χ1v) is 8.01. The van der Waals surface area contributed by atoms with E-state index in [1.807, 2.05) is 6.07 Å². The number of hydrogen-bond donors (Lipinski definition) is 2. The fraction of sp³-hybridized carbons (Fsp3) is 0.312. The van der Waals surface area contributed by atoms with Gasteiger partial charge in [0.05, 0.1) is 24.9 Å². The monoisotopic (exact) mass is 325 g/mol. The molecule has 8 heteroatoms. The predicted molar refractivity (Wildman–Crippen MR) is 87.8 cm³/mol. The van der Waals surface area contributed by atoms with E-state index in [1.54, 1.807) is 10.6 Å². The van der Waals surface area contributed by atoms with Crippen LogP contribution in [0.15, 0.2) is 29.2 Å². The Balaban J connectivity index is 1.67. The normalized spacial score (nSPS) is 16.5. The molecule has 1 fully saturated rings. The van der Waals surface area contributed by atoms with Gasteiger partial charge in [-0.25, -0.2) is 9.78 Å². The minimum Gasteiger partial charge on any atom is -0.379 e. The summed E-state index contributed by atoms with van der Waals surface area (Å²) in [5.74, 6) is 0. The smallest absolute Gasteiger partial charge is 0.379 e. The Kier molecular flexibility index (Phi) is 2.94. The van der Waals surface area contributed by atoms with Crippen molar-refractivity contribution < 1.29 is 9.72 Å². The maximum absolute atomic E-state index is 12.5. The lowest BCUT2D eigenvalue weighted by Crippen LogP contribution is -2.35. The molecular formula is C16H17N6O2+. The summed E-state index contributed by atoms with van der Waals surface area (Å²) in [5, 5.41) is 6.95. The lowest BCUT2D eigenvalue weighted by atomic mass is 10.2. The summed E-state index contributed by atoms with van der Waals surface area (Å²) < 4.78 is 7.06. The van der Waals surface area contributed by atoms with Gasteiger partial charge >= 0.3 is 11.3 Å². The van der Waals surface area contributed by atoms with Crippen molar-refractivity contribution in [2.24, 2.45) is 0 Å². The summed E-state index contributed by atoms with van der Waals surface area (Å²) in [6, 6.07) is 6.21. The molecule has 0 atom stereocenters. The Morgan fingerprint density at radius 3 is 3.04 bits per heavy atom. The number of fused-ring (bicyclic) bond motifs is 5. The van der Waals surface area contributed by atoms with Crippen LogP contribution < -0.4 is 10.7 Å². The third-order valence-electron chi connectivity index (χ3n) is 4.61. The Bertz CT molecular complexity index is 1100. The van der Waals surface area contributed by atoms with Gasteiger partial charge in [0.1, 0.15) is 0 Å². The molecule has 0 aliphatic carbocycles. The molecule has 0 unspecified atom stereocenters. The standard InChI is InChI=1S/C16H16N6O2/c23-16-19-12-8-17-20-14(12)15-18-11-2-1-10(7-13(11)22(15)16)9-21-3-5-24-6-4-21/h1-2,7-8H,3-6,9H2,(H,17,20)(H,19,23)/p+1. The number of morpholine rings is 1. The minimum absolute atomic E-state index is 0.173. The first kappa shape index (κ1) is 13.7. The second kappa shape index (κ2) is 5.15. The van der Waals surface area contributed by atoms with Crippen molar-refractivity contribution in [3.63, 3.8) is 0 Å². The number of ether oxygens (including phenoxy) is 1. The van der Waals surface area contributed by atoms with Crippen molar-refractivity contribution in [1.29, 1.82) is 0 Å². The fourth-order valence-corrected chi connectivity index (χ4v) is 3.41. The zero-order chi connectivity index (χ0) is 16.1. The number of benzene rings is 1. The third kappa shape index (κ3) is 2.04. The van der Waals surface area contributed by atoms with Gasteiger partial charge in [0, 0.05) is 19.6 Å². The van der Waals surface area contributed by atoms with Crippen LogP contribution in [0.3, 0.4) is 0 Å². The first-order valence-electron chi connectivity index (χ1n) is 8.01. The van der Waals surface area contributed by atoms with Crippen LogP contribution in [-0.4, -0.2) is 50.8 Å². The van der Waals surface area contributed by atoms with E-state index in [0.29, 0.717) is 5.52 Å². The zero-order valence-electron chi connectivity index (χ0n) is 13.0. The summed E-state index contributed by atoms with van der Waals surface area (Å²) in [6.07, 6.45) is 1.62. The van der Waals surface area contributed by atoms with Gasteiger partial charge in [0.2, 0.25) is 0 Å². The molecule has 0 spiro atoms. The molecule has 1 saturated heterocycles. The van der Waals surface area contributed by atoms with Crippen LogP contribution in [0.2, 0.25) is 0 Å². The molecule has 4 aromatic rings. The second-order valence-corrected chi connectivity index (χ2v) is 6.14. The Morgan fingerprint density at radius 1 is 1.29 bits per heavy atom. The average Bonchev–Trinajstić information content (AvgIpc) is 3.19. The molecule has 0 radical (unpaired) electrons. The van der Waals surface area contributed by atoms with Crippen LogP contribution in [0, 0.1) is 0 Å². The molecule has 3 aromatic heterocycles. The summed E-state index contributed by atoms with van der Waals surface area (Å²) in [7, 11) is 0.